The molecule has 3 saturated carbocycles. The molecule has 0 aromatic rings. The molecule has 4 fully saturated rings. The van der Waals surface area contributed by atoms with Gasteiger partial charge in [0.25, 0.3) is 0 Å². The van der Waals surface area contributed by atoms with Gasteiger partial charge in [-0.15, -0.1) is 0 Å². The highest BCUT2D eigenvalue weighted by atomic mass is 16.6. The number of aliphatic hydroxyl groups is 4. The Hall–Kier alpha value is -0.950. The number of allylic oxidation sites excluding steroid dienone is 1. The zero-order valence-electron chi connectivity index (χ0n) is 21.5. The molecule has 0 aromatic heterocycles. The summed E-state index contributed by atoms with van der Waals surface area (Å²) in [5.74, 6) is 1.26. The molecular formula is C28H44O6. The number of carbonyl (C=O) groups excluding carboxylic acids is 1. The molecule has 5 aliphatic rings. The number of carbonyl (C=O) groups is 1. The van der Waals surface area contributed by atoms with Crippen LogP contribution >= 0.6 is 0 Å². The van der Waals surface area contributed by atoms with Crippen LogP contribution < -0.4 is 0 Å². The lowest BCUT2D eigenvalue weighted by Gasteiger charge is -2.59. The normalized spacial score (nSPS) is 56.0. The SMILES string of the molecule is C[C@@H]([C@H]1CC[C@H]2[C@@H]3CC=C4C[C@@H](O)C[C@H](O)[C@]4(C)[C@H]3CC[C@]12C)[C@H]1C[C@](C)(O)[C@](C)(O)C(=O)O1. The fraction of sp³-hybridized carbons (Fsp3) is 0.893. The molecule has 192 valence electrons. The van der Waals surface area contributed by atoms with Gasteiger partial charge in [-0.1, -0.05) is 32.4 Å². The van der Waals surface area contributed by atoms with Gasteiger partial charge in [0.15, 0.2) is 5.60 Å². The Morgan fingerprint density at radius 2 is 1.76 bits per heavy atom. The third-order valence-corrected chi connectivity index (χ3v) is 11.8. The molecule has 1 heterocycles. The lowest BCUT2D eigenvalue weighted by Crippen LogP contribution is -2.63. The smallest absolute Gasteiger partial charge is 0.341 e. The van der Waals surface area contributed by atoms with Crippen LogP contribution in [0.2, 0.25) is 0 Å². The Morgan fingerprint density at radius 3 is 2.44 bits per heavy atom. The fourth-order valence-corrected chi connectivity index (χ4v) is 9.26. The maximum absolute atomic E-state index is 12.6. The molecule has 0 bridgehead atoms. The van der Waals surface area contributed by atoms with E-state index in [-0.39, 0.29) is 23.2 Å². The summed E-state index contributed by atoms with van der Waals surface area (Å²) >= 11 is 0. The van der Waals surface area contributed by atoms with Crippen LogP contribution in [0, 0.1) is 40.4 Å². The van der Waals surface area contributed by atoms with Crippen LogP contribution in [0.5, 0.6) is 0 Å². The molecule has 0 aromatic carbocycles. The third kappa shape index (κ3) is 3.24. The molecule has 6 nitrogen and oxygen atoms in total. The van der Waals surface area contributed by atoms with E-state index in [0.29, 0.717) is 36.5 Å². The number of aliphatic hydroxyl groups excluding tert-OH is 2. The highest BCUT2D eigenvalue weighted by Gasteiger charge is 2.63. The molecule has 0 amide bonds. The van der Waals surface area contributed by atoms with E-state index in [1.54, 1.807) is 0 Å². The average Bonchev–Trinajstić information content (AvgIpc) is 3.09. The summed E-state index contributed by atoms with van der Waals surface area (Å²) in [6.45, 7) is 9.69. The minimum Gasteiger partial charge on any atom is -0.460 e. The van der Waals surface area contributed by atoms with Crippen LogP contribution in [-0.4, -0.2) is 55.9 Å². The number of hydrogen-bond donors (Lipinski definition) is 4. The first kappa shape index (κ1) is 24.7. The van der Waals surface area contributed by atoms with Crippen LogP contribution in [0.15, 0.2) is 11.6 Å². The Balaban J connectivity index is 1.38. The number of cyclic esters (lactones) is 1. The Bertz CT molecular complexity index is 878. The van der Waals surface area contributed by atoms with Gasteiger partial charge >= 0.3 is 5.97 Å². The molecular weight excluding hydrogens is 432 g/mol. The lowest BCUT2D eigenvalue weighted by atomic mass is 9.46. The van der Waals surface area contributed by atoms with Gasteiger partial charge in [0.2, 0.25) is 0 Å². The number of rotatable bonds is 2. The monoisotopic (exact) mass is 476 g/mol. The second-order valence-electron chi connectivity index (χ2n) is 13.3. The highest BCUT2D eigenvalue weighted by Crippen LogP contribution is 2.67. The van der Waals surface area contributed by atoms with Crippen molar-refractivity contribution < 1.29 is 30.0 Å². The van der Waals surface area contributed by atoms with E-state index in [0.717, 1.165) is 32.1 Å². The predicted molar refractivity (Wildman–Crippen MR) is 127 cm³/mol. The van der Waals surface area contributed by atoms with E-state index in [1.807, 2.05) is 0 Å². The second kappa shape index (κ2) is 7.77. The summed E-state index contributed by atoms with van der Waals surface area (Å²) in [7, 11) is 0. The number of hydrogen-bond acceptors (Lipinski definition) is 6. The molecule has 1 saturated heterocycles. The zero-order valence-corrected chi connectivity index (χ0v) is 21.5. The van der Waals surface area contributed by atoms with Gasteiger partial charge < -0.3 is 25.2 Å². The van der Waals surface area contributed by atoms with Crippen molar-refractivity contribution in [3.63, 3.8) is 0 Å². The van der Waals surface area contributed by atoms with Gasteiger partial charge in [-0.25, -0.2) is 4.79 Å². The molecule has 34 heavy (non-hydrogen) atoms. The minimum atomic E-state index is -1.89. The van der Waals surface area contributed by atoms with Crippen molar-refractivity contribution in [2.45, 2.75) is 115 Å². The van der Waals surface area contributed by atoms with E-state index < -0.39 is 35.5 Å². The maximum atomic E-state index is 12.6. The van der Waals surface area contributed by atoms with Crippen molar-refractivity contribution in [3.8, 4) is 0 Å². The first-order valence-electron chi connectivity index (χ1n) is 13.4. The van der Waals surface area contributed by atoms with Gasteiger partial charge in [-0.3, -0.25) is 0 Å². The van der Waals surface area contributed by atoms with Crippen LogP contribution in [0.25, 0.3) is 0 Å². The van der Waals surface area contributed by atoms with Gasteiger partial charge in [0.05, 0.1) is 12.2 Å². The van der Waals surface area contributed by atoms with Gasteiger partial charge in [0.1, 0.15) is 11.7 Å². The molecule has 0 spiro atoms. The van der Waals surface area contributed by atoms with Crippen molar-refractivity contribution in [1.29, 1.82) is 0 Å². The van der Waals surface area contributed by atoms with Crippen LogP contribution in [0.4, 0.5) is 0 Å². The van der Waals surface area contributed by atoms with Crippen molar-refractivity contribution >= 4 is 5.97 Å². The van der Waals surface area contributed by atoms with E-state index in [9.17, 15) is 25.2 Å². The second-order valence-corrected chi connectivity index (χ2v) is 13.3. The minimum absolute atomic E-state index is 0.0961. The summed E-state index contributed by atoms with van der Waals surface area (Å²) in [6.07, 6.45) is 7.78. The first-order chi connectivity index (χ1) is 15.7. The van der Waals surface area contributed by atoms with Crippen molar-refractivity contribution in [2.75, 3.05) is 0 Å². The Labute approximate surface area is 203 Å². The first-order valence-corrected chi connectivity index (χ1v) is 13.4. The fourth-order valence-electron chi connectivity index (χ4n) is 9.26. The van der Waals surface area contributed by atoms with E-state index >= 15 is 0 Å². The molecule has 1 aliphatic heterocycles. The quantitative estimate of drug-likeness (QED) is 0.360. The number of esters is 1. The van der Waals surface area contributed by atoms with Gasteiger partial charge in [-0.05, 0) is 87.4 Å². The lowest BCUT2D eigenvalue weighted by molar-refractivity contribution is -0.229. The zero-order chi connectivity index (χ0) is 24.8. The molecule has 0 unspecified atom stereocenters. The third-order valence-electron chi connectivity index (χ3n) is 11.8. The molecule has 4 N–H and O–H groups in total. The van der Waals surface area contributed by atoms with Crippen LogP contribution in [0.1, 0.15) is 86.0 Å². The average molecular weight is 477 g/mol. The Kier molecular flexibility index (Phi) is 5.65. The van der Waals surface area contributed by atoms with Crippen LogP contribution in [-0.2, 0) is 9.53 Å². The van der Waals surface area contributed by atoms with Crippen molar-refractivity contribution in [3.05, 3.63) is 11.6 Å². The summed E-state index contributed by atoms with van der Waals surface area (Å²) in [5.41, 5.74) is -2.26. The largest absolute Gasteiger partial charge is 0.460 e. The maximum Gasteiger partial charge on any atom is 0.341 e. The molecule has 6 heteroatoms. The number of fused-ring (bicyclic) bond motifs is 5. The van der Waals surface area contributed by atoms with Crippen LogP contribution in [0.3, 0.4) is 0 Å². The molecule has 0 radical (unpaired) electrons. The number of ether oxygens (including phenoxy) is 1. The molecule has 4 aliphatic carbocycles. The van der Waals surface area contributed by atoms with E-state index in [2.05, 4.69) is 26.8 Å². The summed E-state index contributed by atoms with van der Waals surface area (Å²) < 4.78 is 5.74. The summed E-state index contributed by atoms with van der Waals surface area (Å²) in [6, 6.07) is 0. The predicted octanol–water partition coefficient (Wildman–Crippen LogP) is 3.35. The topological polar surface area (TPSA) is 107 Å². The molecule has 12 atom stereocenters. The summed E-state index contributed by atoms with van der Waals surface area (Å²) in [4.78, 5) is 12.6. The van der Waals surface area contributed by atoms with E-state index in [4.69, 9.17) is 4.74 Å². The molecule has 5 rings (SSSR count). The van der Waals surface area contributed by atoms with Gasteiger partial charge in [-0.2, -0.15) is 0 Å². The summed E-state index contributed by atoms with van der Waals surface area (Å²) in [5, 5.41) is 42.7. The Morgan fingerprint density at radius 1 is 1.06 bits per heavy atom. The van der Waals surface area contributed by atoms with Crippen molar-refractivity contribution in [2.24, 2.45) is 40.4 Å². The van der Waals surface area contributed by atoms with Crippen molar-refractivity contribution in [1.82, 2.24) is 0 Å². The van der Waals surface area contributed by atoms with E-state index in [1.165, 1.54) is 19.4 Å². The van der Waals surface area contributed by atoms with Gasteiger partial charge in [0, 0.05) is 18.3 Å². The standard InChI is InChI=1S/C28H44O6/c1-15(22-14-26(3,32)28(5,33)24(31)34-22)19-8-9-20-18-7-6-16-12-17(29)13-23(30)27(16,4)21(18)10-11-25(19,20)2/h6,15,17-23,29-30,32-33H,7-14H2,1-5H3/t15-,17+,18-,19+,20-,21-,22+,23-,25+,26-,27-,28+/m0/s1. The highest BCUT2D eigenvalue weighted by molar-refractivity contribution is 5.81.